The lowest BCUT2D eigenvalue weighted by molar-refractivity contribution is -0.178. The third-order valence-electron chi connectivity index (χ3n) is 8.48. The van der Waals surface area contributed by atoms with Crippen LogP contribution in [0, 0.1) is 5.92 Å². The molecule has 146 valence electrons. The van der Waals surface area contributed by atoms with E-state index in [2.05, 4.69) is 4.90 Å². The number of rotatable bonds is 2. The highest BCUT2D eigenvalue weighted by Gasteiger charge is 2.71. The van der Waals surface area contributed by atoms with Crippen molar-refractivity contribution in [3.8, 4) is 11.5 Å². The SMILES string of the molecule is Oc1ccc2c3c1O[C@H]1[C@@H](O)CC[C@@]4(O)[C@@H](C2)N(CC2CCC2)CCC[C@]314. The standard InChI is InChI=1S/C22H29NO4/c24-15-6-5-14-11-17-22(26)9-7-16(25)20-21(22,18(14)19(15)27-20)8-2-10-23(17)12-13-3-1-4-13/h5-6,13,16-17,20,24-26H,1-4,7-12H2/t16-,17+,20-,21-,22+/m0/s1. The van der Waals surface area contributed by atoms with E-state index < -0.39 is 23.2 Å². The number of aliphatic hydroxyl groups is 2. The molecule has 6 rings (SSSR count). The molecule has 3 aliphatic carbocycles. The van der Waals surface area contributed by atoms with Crippen LogP contribution in [0.5, 0.6) is 11.5 Å². The molecular weight excluding hydrogens is 342 g/mol. The van der Waals surface area contributed by atoms with Gasteiger partial charge in [0.05, 0.1) is 17.1 Å². The first-order chi connectivity index (χ1) is 13.0. The number of ether oxygens (including phenoxy) is 1. The molecule has 1 spiro atoms. The summed E-state index contributed by atoms with van der Waals surface area (Å²) in [5, 5.41) is 33.5. The van der Waals surface area contributed by atoms with Crippen molar-refractivity contribution >= 4 is 0 Å². The lowest BCUT2D eigenvalue weighted by atomic mass is 9.50. The Hall–Kier alpha value is -1.30. The molecule has 0 aromatic heterocycles. The molecule has 1 aromatic rings. The molecule has 1 aromatic carbocycles. The first-order valence-corrected chi connectivity index (χ1v) is 10.7. The summed E-state index contributed by atoms with van der Waals surface area (Å²) in [6.07, 6.45) is 6.68. The minimum Gasteiger partial charge on any atom is -0.504 e. The van der Waals surface area contributed by atoms with Crippen LogP contribution in [-0.4, -0.2) is 57.2 Å². The van der Waals surface area contributed by atoms with Gasteiger partial charge in [0, 0.05) is 18.2 Å². The number of aromatic hydroxyl groups is 1. The van der Waals surface area contributed by atoms with E-state index in [9.17, 15) is 15.3 Å². The highest BCUT2D eigenvalue weighted by Crippen LogP contribution is 2.65. The number of benzene rings is 1. The number of nitrogens with zero attached hydrogens (tertiary/aromatic N) is 1. The Morgan fingerprint density at radius 2 is 2.00 bits per heavy atom. The summed E-state index contributed by atoms with van der Waals surface area (Å²) in [6, 6.07) is 3.81. The minimum atomic E-state index is -0.900. The van der Waals surface area contributed by atoms with Crippen LogP contribution in [0.25, 0.3) is 0 Å². The fraction of sp³-hybridized carbons (Fsp3) is 0.727. The number of phenolic OH excluding ortho intramolecular Hbond substituents is 1. The van der Waals surface area contributed by atoms with Crippen molar-refractivity contribution in [1.29, 1.82) is 0 Å². The third-order valence-corrected chi connectivity index (χ3v) is 8.48. The largest absolute Gasteiger partial charge is 0.504 e. The van der Waals surface area contributed by atoms with Gasteiger partial charge in [0.15, 0.2) is 11.5 Å². The highest BCUT2D eigenvalue weighted by molar-refractivity contribution is 5.62. The maximum absolute atomic E-state index is 12.3. The normalized spacial score (nSPS) is 42.8. The van der Waals surface area contributed by atoms with E-state index in [0.29, 0.717) is 18.6 Å². The van der Waals surface area contributed by atoms with Gasteiger partial charge in [0.25, 0.3) is 0 Å². The van der Waals surface area contributed by atoms with Crippen LogP contribution in [0.2, 0.25) is 0 Å². The predicted molar refractivity (Wildman–Crippen MR) is 100 cm³/mol. The molecule has 3 fully saturated rings. The monoisotopic (exact) mass is 371 g/mol. The summed E-state index contributed by atoms with van der Waals surface area (Å²) < 4.78 is 6.21. The molecule has 5 nitrogen and oxygen atoms in total. The van der Waals surface area contributed by atoms with Crippen LogP contribution in [0.15, 0.2) is 12.1 Å². The average Bonchev–Trinajstić information content (AvgIpc) is 2.95. The number of phenols is 1. The van der Waals surface area contributed by atoms with Crippen LogP contribution < -0.4 is 4.74 Å². The van der Waals surface area contributed by atoms with Gasteiger partial charge in [-0.05, 0) is 69.0 Å². The molecule has 0 unspecified atom stereocenters. The van der Waals surface area contributed by atoms with Crippen molar-refractivity contribution in [3.63, 3.8) is 0 Å². The quantitative estimate of drug-likeness (QED) is 0.743. The fourth-order valence-corrected chi connectivity index (χ4v) is 7.07. The second-order valence-electron chi connectivity index (χ2n) is 9.60. The van der Waals surface area contributed by atoms with Gasteiger partial charge >= 0.3 is 0 Å². The smallest absolute Gasteiger partial charge is 0.165 e. The maximum Gasteiger partial charge on any atom is 0.165 e. The zero-order chi connectivity index (χ0) is 18.4. The molecule has 1 saturated heterocycles. The zero-order valence-corrected chi connectivity index (χ0v) is 15.7. The van der Waals surface area contributed by atoms with Crippen molar-refractivity contribution in [1.82, 2.24) is 4.90 Å². The molecule has 2 heterocycles. The molecule has 5 heteroatoms. The lowest BCUT2D eigenvalue weighted by Gasteiger charge is -2.59. The van der Waals surface area contributed by atoms with Gasteiger partial charge in [-0.25, -0.2) is 0 Å². The number of aliphatic hydroxyl groups excluding tert-OH is 1. The lowest BCUT2D eigenvalue weighted by Crippen LogP contribution is -2.72. The molecule has 27 heavy (non-hydrogen) atoms. The van der Waals surface area contributed by atoms with Gasteiger partial charge in [-0.15, -0.1) is 0 Å². The van der Waals surface area contributed by atoms with Crippen molar-refractivity contribution in [2.45, 2.75) is 80.6 Å². The molecule has 0 amide bonds. The summed E-state index contributed by atoms with van der Waals surface area (Å²) in [5.41, 5.74) is 0.694. The first-order valence-electron chi connectivity index (χ1n) is 10.7. The summed E-state index contributed by atoms with van der Waals surface area (Å²) in [6.45, 7) is 2.08. The van der Waals surface area contributed by atoms with E-state index in [4.69, 9.17) is 4.74 Å². The highest BCUT2D eigenvalue weighted by atomic mass is 16.5. The number of likely N-dealkylation sites (tertiary alicyclic amines) is 1. The van der Waals surface area contributed by atoms with Crippen molar-refractivity contribution in [2.24, 2.45) is 5.92 Å². The summed E-state index contributed by atoms with van der Waals surface area (Å²) in [4.78, 5) is 2.56. The van der Waals surface area contributed by atoms with Gasteiger partial charge in [-0.1, -0.05) is 12.5 Å². The molecule has 2 aliphatic heterocycles. The zero-order valence-electron chi connectivity index (χ0n) is 15.7. The average molecular weight is 371 g/mol. The Morgan fingerprint density at radius 3 is 2.78 bits per heavy atom. The molecule has 2 bridgehead atoms. The fourth-order valence-electron chi connectivity index (χ4n) is 7.07. The Morgan fingerprint density at radius 1 is 1.15 bits per heavy atom. The Bertz CT molecular complexity index is 793. The first kappa shape index (κ1) is 16.6. The molecule has 5 aliphatic rings. The van der Waals surface area contributed by atoms with E-state index in [-0.39, 0.29) is 11.8 Å². The van der Waals surface area contributed by atoms with E-state index in [0.717, 1.165) is 43.8 Å². The molecule has 0 radical (unpaired) electrons. The van der Waals surface area contributed by atoms with Crippen molar-refractivity contribution in [2.75, 3.05) is 13.1 Å². The predicted octanol–water partition coefficient (Wildman–Crippen LogP) is 2.10. The van der Waals surface area contributed by atoms with Crippen LogP contribution in [0.1, 0.15) is 56.1 Å². The van der Waals surface area contributed by atoms with Gasteiger partial charge in [0.2, 0.25) is 0 Å². The Kier molecular flexibility index (Phi) is 3.33. The van der Waals surface area contributed by atoms with Crippen LogP contribution in [-0.2, 0) is 11.8 Å². The minimum absolute atomic E-state index is 0.0715. The molecular formula is C22H29NO4. The second kappa shape index (κ2) is 5.40. The van der Waals surface area contributed by atoms with Crippen molar-refractivity contribution in [3.05, 3.63) is 23.3 Å². The Labute approximate surface area is 159 Å². The van der Waals surface area contributed by atoms with E-state index in [1.54, 1.807) is 6.07 Å². The third kappa shape index (κ3) is 1.91. The second-order valence-corrected chi connectivity index (χ2v) is 9.60. The van der Waals surface area contributed by atoms with Gasteiger partial charge in [-0.3, -0.25) is 4.90 Å². The Balaban J connectivity index is 1.54. The van der Waals surface area contributed by atoms with E-state index in [1.807, 2.05) is 6.07 Å². The summed E-state index contributed by atoms with van der Waals surface area (Å²) in [7, 11) is 0. The van der Waals surface area contributed by atoms with Gasteiger partial charge in [-0.2, -0.15) is 0 Å². The summed E-state index contributed by atoms with van der Waals surface area (Å²) in [5.74, 6) is 1.42. The van der Waals surface area contributed by atoms with E-state index in [1.165, 1.54) is 24.8 Å². The van der Waals surface area contributed by atoms with Crippen LogP contribution in [0.3, 0.4) is 0 Å². The van der Waals surface area contributed by atoms with E-state index >= 15 is 0 Å². The van der Waals surface area contributed by atoms with Crippen LogP contribution >= 0.6 is 0 Å². The number of hydrogen-bond acceptors (Lipinski definition) is 5. The topological polar surface area (TPSA) is 73.2 Å². The molecule has 2 saturated carbocycles. The molecule has 3 N–H and O–H groups in total. The van der Waals surface area contributed by atoms with Crippen LogP contribution in [0.4, 0.5) is 0 Å². The number of hydrogen-bond donors (Lipinski definition) is 3. The van der Waals surface area contributed by atoms with Crippen molar-refractivity contribution < 1.29 is 20.1 Å². The maximum atomic E-state index is 12.3. The molecule has 5 atom stereocenters. The summed E-state index contributed by atoms with van der Waals surface area (Å²) >= 11 is 0. The van der Waals surface area contributed by atoms with Gasteiger partial charge < -0.3 is 20.1 Å². The van der Waals surface area contributed by atoms with Gasteiger partial charge in [0.1, 0.15) is 6.10 Å².